The summed E-state index contributed by atoms with van der Waals surface area (Å²) >= 11 is 0. The highest BCUT2D eigenvalue weighted by molar-refractivity contribution is 7.92. The van der Waals surface area contributed by atoms with Crippen molar-refractivity contribution in [2.45, 2.75) is 13.8 Å². The first-order valence-electron chi connectivity index (χ1n) is 10.7. The maximum Gasteiger partial charge on any atom is 0.229 e. The van der Waals surface area contributed by atoms with Gasteiger partial charge in [-0.25, -0.2) is 17.8 Å². The van der Waals surface area contributed by atoms with Crippen LogP contribution in [0.25, 0.3) is 0 Å². The largest absolute Gasteiger partial charge is 0.494 e. The van der Waals surface area contributed by atoms with E-state index in [0.717, 1.165) is 12.5 Å². The first-order valence-corrected chi connectivity index (χ1v) is 12.6. The molecule has 0 fully saturated rings. The summed E-state index contributed by atoms with van der Waals surface area (Å²) in [6.45, 7) is 3.90. The van der Waals surface area contributed by atoms with Crippen LogP contribution in [0.1, 0.15) is 12.5 Å². The van der Waals surface area contributed by atoms with Crippen molar-refractivity contribution in [1.82, 2.24) is 9.97 Å². The van der Waals surface area contributed by atoms with Crippen LogP contribution in [0.4, 0.5) is 33.2 Å². The normalized spacial score (nSPS) is 11.0. The Kier molecular flexibility index (Phi) is 8.25. The highest BCUT2D eigenvalue weighted by Crippen LogP contribution is 2.40. The number of nitrogens with one attached hydrogen (secondary N) is 3. The molecule has 1 heterocycles. The summed E-state index contributed by atoms with van der Waals surface area (Å²) in [5.41, 5.74) is 1.51. The number of hydrogen-bond acceptors (Lipinski definition) is 10. The molecule has 1 aromatic heterocycles. The molecule has 13 heteroatoms. The van der Waals surface area contributed by atoms with Gasteiger partial charge in [0.2, 0.25) is 21.7 Å². The van der Waals surface area contributed by atoms with Crippen LogP contribution in [0.5, 0.6) is 23.0 Å². The molecule has 0 radical (unpaired) electrons. The molecule has 3 N–H and O–H groups in total. The second kappa shape index (κ2) is 11.2. The van der Waals surface area contributed by atoms with E-state index >= 15 is 0 Å². The SMILES string of the molecule is CCOc1ccc(Nc2nc(Nc3cc(OC)c(OC)c(OC)c3)ncc2F)c(NS(C)(=O)=O)c1C. The van der Waals surface area contributed by atoms with Crippen molar-refractivity contribution in [1.29, 1.82) is 0 Å². The number of sulfonamides is 1. The second-order valence-corrected chi connectivity index (χ2v) is 9.22. The zero-order chi connectivity index (χ0) is 26.5. The van der Waals surface area contributed by atoms with Gasteiger partial charge in [-0.15, -0.1) is 0 Å². The van der Waals surface area contributed by atoms with Crippen molar-refractivity contribution in [3.63, 3.8) is 0 Å². The fourth-order valence-corrected chi connectivity index (χ4v) is 3.98. The van der Waals surface area contributed by atoms with Crippen LogP contribution in [0, 0.1) is 12.7 Å². The summed E-state index contributed by atoms with van der Waals surface area (Å²) in [4.78, 5) is 8.20. The molecule has 0 unspecified atom stereocenters. The van der Waals surface area contributed by atoms with Crippen LogP contribution in [0.3, 0.4) is 0 Å². The lowest BCUT2D eigenvalue weighted by Gasteiger charge is -2.18. The zero-order valence-corrected chi connectivity index (χ0v) is 21.5. The number of methoxy groups -OCH3 is 3. The molecular weight excluding hydrogens is 493 g/mol. The first-order chi connectivity index (χ1) is 17.1. The van der Waals surface area contributed by atoms with Crippen LogP contribution in [0.15, 0.2) is 30.5 Å². The molecule has 11 nitrogen and oxygen atoms in total. The first kappa shape index (κ1) is 26.6. The van der Waals surface area contributed by atoms with E-state index in [1.54, 1.807) is 31.2 Å². The lowest BCUT2D eigenvalue weighted by Crippen LogP contribution is -2.13. The molecule has 0 saturated carbocycles. The van der Waals surface area contributed by atoms with Gasteiger partial charge in [-0.2, -0.15) is 4.98 Å². The Labute approximate surface area is 209 Å². The van der Waals surface area contributed by atoms with E-state index in [-0.39, 0.29) is 23.1 Å². The third-order valence-corrected chi connectivity index (χ3v) is 5.50. The number of anilines is 5. The van der Waals surface area contributed by atoms with Crippen molar-refractivity contribution in [3.8, 4) is 23.0 Å². The summed E-state index contributed by atoms with van der Waals surface area (Å²) in [5.74, 6) is 0.838. The molecule has 194 valence electrons. The van der Waals surface area contributed by atoms with Crippen molar-refractivity contribution < 1.29 is 31.8 Å². The van der Waals surface area contributed by atoms with Gasteiger partial charge in [-0.1, -0.05) is 0 Å². The number of nitrogens with zero attached hydrogens (tertiary/aromatic N) is 2. The van der Waals surface area contributed by atoms with Gasteiger partial charge in [0.15, 0.2) is 23.1 Å². The third kappa shape index (κ3) is 6.16. The number of hydrogen-bond donors (Lipinski definition) is 3. The molecule has 2 aromatic carbocycles. The average molecular weight is 522 g/mol. The molecule has 0 bridgehead atoms. The van der Waals surface area contributed by atoms with Crippen molar-refractivity contribution in [3.05, 3.63) is 41.8 Å². The molecule has 3 aromatic rings. The lowest BCUT2D eigenvalue weighted by atomic mass is 10.1. The van der Waals surface area contributed by atoms with Crippen LogP contribution in [-0.2, 0) is 10.0 Å². The van der Waals surface area contributed by atoms with Gasteiger partial charge in [0, 0.05) is 23.4 Å². The number of benzene rings is 2. The van der Waals surface area contributed by atoms with Gasteiger partial charge >= 0.3 is 0 Å². The standard InChI is InChI=1S/C23H28FN5O6S/c1-7-35-17-9-8-16(20(13(17)2)29-36(6,30)31)27-22-15(24)12-25-23(28-22)26-14-10-18(32-3)21(34-5)19(11-14)33-4/h8-12,29H,7H2,1-6H3,(H2,25,26,27,28). The minimum absolute atomic E-state index is 0.0634. The van der Waals surface area contributed by atoms with Crippen LogP contribution < -0.4 is 34.3 Å². The molecule has 0 aliphatic rings. The van der Waals surface area contributed by atoms with Gasteiger partial charge in [-0.05, 0) is 26.0 Å². The van der Waals surface area contributed by atoms with E-state index in [9.17, 15) is 12.8 Å². The van der Waals surface area contributed by atoms with E-state index in [0.29, 0.717) is 40.9 Å². The maximum absolute atomic E-state index is 14.7. The maximum atomic E-state index is 14.7. The Hall–Kier alpha value is -4.00. The zero-order valence-electron chi connectivity index (χ0n) is 20.7. The number of halogens is 1. The van der Waals surface area contributed by atoms with Gasteiger partial charge in [0.05, 0.1) is 51.8 Å². The fourth-order valence-electron chi connectivity index (χ4n) is 3.35. The Morgan fingerprint density at radius 1 is 1.00 bits per heavy atom. The Balaban J connectivity index is 1.98. The lowest BCUT2D eigenvalue weighted by molar-refractivity contribution is 0.324. The Morgan fingerprint density at radius 2 is 1.67 bits per heavy atom. The van der Waals surface area contributed by atoms with Gasteiger partial charge < -0.3 is 29.6 Å². The number of aromatic nitrogens is 2. The quantitative estimate of drug-likeness (QED) is 0.337. The molecule has 0 aliphatic carbocycles. The highest BCUT2D eigenvalue weighted by Gasteiger charge is 2.18. The molecule has 0 saturated heterocycles. The summed E-state index contributed by atoms with van der Waals surface area (Å²) in [5, 5.41) is 5.82. The fraction of sp³-hybridized carbons (Fsp3) is 0.304. The molecule has 0 aliphatic heterocycles. The molecule has 0 atom stereocenters. The predicted octanol–water partition coefficient (Wildman–Crippen LogP) is 4.21. The van der Waals surface area contributed by atoms with Crippen molar-refractivity contribution in [2.75, 3.05) is 49.5 Å². The highest BCUT2D eigenvalue weighted by atomic mass is 32.2. The van der Waals surface area contributed by atoms with E-state index in [4.69, 9.17) is 18.9 Å². The van der Waals surface area contributed by atoms with Crippen molar-refractivity contribution >= 4 is 38.9 Å². The smallest absolute Gasteiger partial charge is 0.229 e. The molecule has 36 heavy (non-hydrogen) atoms. The van der Waals surface area contributed by atoms with E-state index in [1.165, 1.54) is 21.3 Å². The van der Waals surface area contributed by atoms with E-state index in [2.05, 4.69) is 25.3 Å². The minimum Gasteiger partial charge on any atom is -0.494 e. The molecule has 0 amide bonds. The van der Waals surface area contributed by atoms with Crippen molar-refractivity contribution in [2.24, 2.45) is 0 Å². The van der Waals surface area contributed by atoms with Crippen LogP contribution in [-0.4, -0.2) is 52.6 Å². The van der Waals surface area contributed by atoms with E-state index < -0.39 is 15.8 Å². The number of rotatable bonds is 11. The summed E-state index contributed by atoms with van der Waals surface area (Å²) in [6.07, 6.45) is 2.01. The van der Waals surface area contributed by atoms with Gasteiger partial charge in [-0.3, -0.25) is 4.72 Å². The summed E-state index contributed by atoms with van der Waals surface area (Å²) in [6, 6.07) is 6.51. The Bertz CT molecular complexity index is 1330. The predicted molar refractivity (Wildman–Crippen MR) is 135 cm³/mol. The average Bonchev–Trinajstić information content (AvgIpc) is 2.83. The molecule has 3 rings (SSSR count). The molecular formula is C23H28FN5O6S. The summed E-state index contributed by atoms with van der Waals surface area (Å²) < 4.78 is 62.7. The minimum atomic E-state index is -3.64. The van der Waals surface area contributed by atoms with Gasteiger partial charge in [0.25, 0.3) is 0 Å². The third-order valence-electron chi connectivity index (χ3n) is 4.92. The van der Waals surface area contributed by atoms with E-state index in [1.807, 2.05) is 6.92 Å². The Morgan fingerprint density at radius 3 is 2.22 bits per heavy atom. The van der Waals surface area contributed by atoms with Crippen LogP contribution >= 0.6 is 0 Å². The molecule has 0 spiro atoms. The van der Waals surface area contributed by atoms with Gasteiger partial charge in [0.1, 0.15) is 5.75 Å². The summed E-state index contributed by atoms with van der Waals surface area (Å²) in [7, 11) is 0.817. The van der Waals surface area contributed by atoms with Crippen LogP contribution in [0.2, 0.25) is 0 Å². The topological polar surface area (TPSA) is 133 Å². The number of ether oxygens (including phenoxy) is 4. The monoisotopic (exact) mass is 521 g/mol. The second-order valence-electron chi connectivity index (χ2n) is 7.47.